The van der Waals surface area contributed by atoms with Crippen LogP contribution < -0.4 is 5.32 Å². The minimum atomic E-state index is -0.357. The van der Waals surface area contributed by atoms with Crippen LogP contribution in [0.15, 0.2) is 0 Å². The molecule has 16 heavy (non-hydrogen) atoms. The molecule has 0 aliphatic carbocycles. The Morgan fingerprint density at radius 1 is 1.56 bits per heavy atom. The van der Waals surface area contributed by atoms with Gasteiger partial charge in [-0.05, 0) is 6.42 Å². The van der Waals surface area contributed by atoms with Crippen LogP contribution in [0.1, 0.15) is 49.6 Å². The van der Waals surface area contributed by atoms with Crippen molar-refractivity contribution in [2.75, 3.05) is 6.61 Å². The predicted molar refractivity (Wildman–Crippen MR) is 59.1 cm³/mol. The molecule has 0 aliphatic rings. The Morgan fingerprint density at radius 2 is 2.25 bits per heavy atom. The van der Waals surface area contributed by atoms with E-state index in [1.54, 1.807) is 0 Å². The zero-order valence-corrected chi connectivity index (χ0v) is 9.82. The van der Waals surface area contributed by atoms with E-state index in [9.17, 15) is 4.79 Å². The second-order valence-electron chi connectivity index (χ2n) is 3.96. The molecule has 0 aliphatic heterocycles. The molecule has 1 aromatic rings. The van der Waals surface area contributed by atoms with Gasteiger partial charge < -0.3 is 10.4 Å². The maximum absolute atomic E-state index is 11.6. The van der Waals surface area contributed by atoms with E-state index in [4.69, 9.17) is 5.11 Å². The number of carbonyl (C=O) groups excluding carboxylic acids is 1. The van der Waals surface area contributed by atoms with Gasteiger partial charge in [-0.2, -0.15) is 0 Å². The van der Waals surface area contributed by atoms with Gasteiger partial charge in [-0.1, -0.05) is 20.8 Å². The molecule has 0 saturated heterocycles. The van der Waals surface area contributed by atoms with Crippen LogP contribution in [0.2, 0.25) is 0 Å². The second kappa shape index (κ2) is 5.60. The van der Waals surface area contributed by atoms with E-state index in [-0.39, 0.29) is 30.3 Å². The summed E-state index contributed by atoms with van der Waals surface area (Å²) in [5.74, 6) is 0.649. The lowest BCUT2D eigenvalue weighted by atomic mass is 10.2. The zero-order chi connectivity index (χ0) is 12.1. The molecule has 0 aromatic carbocycles. The Labute approximate surface area is 94.5 Å². The number of hydrogen-bond acceptors (Lipinski definition) is 4. The molecular weight excluding hydrogens is 208 g/mol. The van der Waals surface area contributed by atoms with Gasteiger partial charge in [-0.15, -0.1) is 5.10 Å². The lowest BCUT2D eigenvalue weighted by Gasteiger charge is -2.11. The number of hydrogen-bond donors (Lipinski definition) is 3. The summed E-state index contributed by atoms with van der Waals surface area (Å²) in [6.45, 7) is 5.73. The minimum Gasteiger partial charge on any atom is -0.394 e. The van der Waals surface area contributed by atoms with Crippen LogP contribution in [0, 0.1) is 0 Å². The third-order valence-corrected chi connectivity index (χ3v) is 2.30. The van der Waals surface area contributed by atoms with Crippen LogP contribution in [0.25, 0.3) is 0 Å². The van der Waals surface area contributed by atoms with E-state index in [0.29, 0.717) is 12.2 Å². The monoisotopic (exact) mass is 226 g/mol. The molecule has 3 N–H and O–H groups in total. The van der Waals surface area contributed by atoms with Crippen LogP contribution >= 0.6 is 0 Å². The summed E-state index contributed by atoms with van der Waals surface area (Å²) in [7, 11) is 0. The third kappa shape index (κ3) is 3.03. The summed E-state index contributed by atoms with van der Waals surface area (Å²) in [4.78, 5) is 15.7. The van der Waals surface area contributed by atoms with Crippen LogP contribution in [0.3, 0.4) is 0 Å². The van der Waals surface area contributed by atoms with Gasteiger partial charge in [0, 0.05) is 5.92 Å². The number of H-pyrrole nitrogens is 1. The van der Waals surface area contributed by atoms with Crippen molar-refractivity contribution in [2.24, 2.45) is 0 Å². The summed E-state index contributed by atoms with van der Waals surface area (Å²) in [6.07, 6.45) is 0.670. The molecule has 0 saturated carbocycles. The fourth-order valence-electron chi connectivity index (χ4n) is 1.16. The van der Waals surface area contributed by atoms with E-state index in [0.717, 1.165) is 0 Å². The number of rotatable bonds is 5. The summed E-state index contributed by atoms with van der Waals surface area (Å²) in [5, 5.41) is 18.1. The summed E-state index contributed by atoms with van der Waals surface area (Å²) in [6, 6.07) is -0.242. The molecule has 0 fully saturated rings. The van der Waals surface area contributed by atoms with Crippen molar-refractivity contribution in [3.8, 4) is 0 Å². The van der Waals surface area contributed by atoms with Gasteiger partial charge in [0.05, 0.1) is 12.6 Å². The van der Waals surface area contributed by atoms with Crippen molar-refractivity contribution >= 4 is 5.91 Å². The highest BCUT2D eigenvalue weighted by Crippen LogP contribution is 2.07. The van der Waals surface area contributed by atoms with Crippen LogP contribution in [-0.2, 0) is 0 Å². The summed E-state index contributed by atoms with van der Waals surface area (Å²) in [5.41, 5.74) is 0. The second-order valence-corrected chi connectivity index (χ2v) is 3.96. The van der Waals surface area contributed by atoms with Gasteiger partial charge in [0.2, 0.25) is 5.82 Å². The Bertz CT molecular complexity index is 344. The molecule has 0 spiro atoms. The molecule has 0 bridgehead atoms. The van der Waals surface area contributed by atoms with E-state index in [1.165, 1.54) is 0 Å². The van der Waals surface area contributed by atoms with Crippen molar-refractivity contribution < 1.29 is 9.90 Å². The maximum atomic E-state index is 11.6. The highest BCUT2D eigenvalue weighted by atomic mass is 16.3. The molecule has 6 heteroatoms. The number of aliphatic hydroxyl groups excluding tert-OH is 1. The fourth-order valence-corrected chi connectivity index (χ4v) is 1.16. The topological polar surface area (TPSA) is 90.9 Å². The summed E-state index contributed by atoms with van der Waals surface area (Å²) < 4.78 is 0. The van der Waals surface area contributed by atoms with E-state index in [2.05, 4.69) is 20.5 Å². The number of nitrogens with one attached hydrogen (secondary N) is 2. The summed E-state index contributed by atoms with van der Waals surface area (Å²) >= 11 is 0. The van der Waals surface area contributed by atoms with Gasteiger partial charge in [0.15, 0.2) is 0 Å². The Hall–Kier alpha value is -1.43. The molecule has 1 amide bonds. The van der Waals surface area contributed by atoms with Crippen LogP contribution in [0.5, 0.6) is 0 Å². The fraction of sp³-hybridized carbons (Fsp3) is 0.700. The first kappa shape index (κ1) is 12.6. The van der Waals surface area contributed by atoms with Crippen molar-refractivity contribution in [1.82, 2.24) is 20.5 Å². The van der Waals surface area contributed by atoms with Gasteiger partial charge in [-0.25, -0.2) is 4.98 Å². The Balaban J connectivity index is 2.65. The van der Waals surface area contributed by atoms with Crippen LogP contribution in [0.4, 0.5) is 0 Å². The SMILES string of the molecule is CC[C@H](CO)NC(=O)c1n[nH]c(C(C)C)n1. The van der Waals surface area contributed by atoms with Crippen molar-refractivity contribution in [2.45, 2.75) is 39.2 Å². The highest BCUT2D eigenvalue weighted by molar-refractivity contribution is 5.90. The molecule has 1 atom stereocenters. The molecule has 1 aromatic heterocycles. The Morgan fingerprint density at radius 3 is 2.69 bits per heavy atom. The molecule has 0 radical (unpaired) electrons. The largest absolute Gasteiger partial charge is 0.394 e. The number of carbonyl (C=O) groups is 1. The smallest absolute Gasteiger partial charge is 0.291 e. The number of nitrogens with zero attached hydrogens (tertiary/aromatic N) is 2. The lowest BCUT2D eigenvalue weighted by molar-refractivity contribution is 0.0904. The Kier molecular flexibility index (Phi) is 4.42. The van der Waals surface area contributed by atoms with Gasteiger partial charge in [-0.3, -0.25) is 9.89 Å². The van der Waals surface area contributed by atoms with Crippen molar-refractivity contribution in [3.05, 3.63) is 11.6 Å². The molecule has 1 rings (SSSR count). The molecule has 90 valence electrons. The van der Waals surface area contributed by atoms with E-state index < -0.39 is 0 Å². The third-order valence-electron chi connectivity index (χ3n) is 2.30. The average molecular weight is 226 g/mol. The standard InChI is InChI=1S/C10H18N4O2/c1-4-7(5-15)11-10(16)9-12-8(6(2)3)13-14-9/h6-7,15H,4-5H2,1-3H3,(H,11,16)(H,12,13,14)/t7-/m1/s1. The maximum Gasteiger partial charge on any atom is 0.291 e. The number of aromatic amines is 1. The normalized spacial score (nSPS) is 12.8. The first-order chi connectivity index (χ1) is 7.58. The number of amides is 1. The average Bonchev–Trinajstić information content (AvgIpc) is 2.74. The molecule has 0 unspecified atom stereocenters. The first-order valence-corrected chi connectivity index (χ1v) is 5.42. The quantitative estimate of drug-likeness (QED) is 0.679. The molecular formula is C10H18N4O2. The number of aliphatic hydroxyl groups is 1. The minimum absolute atomic E-state index is 0.0797. The predicted octanol–water partition coefficient (Wildman–Crippen LogP) is 0.429. The van der Waals surface area contributed by atoms with Gasteiger partial charge in [0.25, 0.3) is 5.91 Å². The molecule has 6 nitrogen and oxygen atoms in total. The van der Waals surface area contributed by atoms with Gasteiger partial charge >= 0.3 is 0 Å². The zero-order valence-electron chi connectivity index (χ0n) is 9.82. The number of aromatic nitrogens is 3. The highest BCUT2D eigenvalue weighted by Gasteiger charge is 2.16. The first-order valence-electron chi connectivity index (χ1n) is 5.42. The van der Waals surface area contributed by atoms with Crippen molar-refractivity contribution in [3.63, 3.8) is 0 Å². The van der Waals surface area contributed by atoms with E-state index in [1.807, 2.05) is 20.8 Å². The lowest BCUT2D eigenvalue weighted by Crippen LogP contribution is -2.37. The van der Waals surface area contributed by atoms with Crippen molar-refractivity contribution in [1.29, 1.82) is 0 Å². The van der Waals surface area contributed by atoms with Gasteiger partial charge in [0.1, 0.15) is 5.82 Å². The van der Waals surface area contributed by atoms with Crippen LogP contribution in [-0.4, -0.2) is 38.8 Å². The molecule has 1 heterocycles. The van der Waals surface area contributed by atoms with E-state index >= 15 is 0 Å².